The van der Waals surface area contributed by atoms with Gasteiger partial charge in [0.1, 0.15) is 12.4 Å². The lowest BCUT2D eigenvalue weighted by Gasteiger charge is -2.12. The molecule has 0 saturated carbocycles. The molecule has 19 heavy (non-hydrogen) atoms. The molecule has 0 aromatic heterocycles. The van der Waals surface area contributed by atoms with E-state index in [4.69, 9.17) is 10.5 Å². The topological polar surface area (TPSA) is 35.2 Å². The molecule has 0 amide bonds. The van der Waals surface area contributed by atoms with Crippen LogP contribution >= 0.6 is 0 Å². The zero-order valence-corrected chi connectivity index (χ0v) is 11.1. The fourth-order valence-corrected chi connectivity index (χ4v) is 1.87. The Balaban J connectivity index is 1.95. The molecule has 0 bridgehead atoms. The number of hydrogen-bond acceptors (Lipinski definition) is 2. The van der Waals surface area contributed by atoms with Gasteiger partial charge in [0.15, 0.2) is 0 Å². The minimum atomic E-state index is -0.0192. The molecule has 2 N–H and O–H groups in total. The van der Waals surface area contributed by atoms with Crippen molar-refractivity contribution >= 4 is 6.08 Å². The van der Waals surface area contributed by atoms with Crippen molar-refractivity contribution in [2.24, 2.45) is 5.73 Å². The van der Waals surface area contributed by atoms with Gasteiger partial charge in [0, 0.05) is 11.6 Å². The van der Waals surface area contributed by atoms with Gasteiger partial charge in [0.2, 0.25) is 0 Å². The largest absolute Gasteiger partial charge is 0.489 e. The van der Waals surface area contributed by atoms with Gasteiger partial charge in [-0.05, 0) is 24.6 Å². The average molecular weight is 253 g/mol. The van der Waals surface area contributed by atoms with Crippen LogP contribution in [-0.4, -0.2) is 6.61 Å². The van der Waals surface area contributed by atoms with Crippen molar-refractivity contribution in [2.75, 3.05) is 6.61 Å². The van der Waals surface area contributed by atoms with Crippen molar-refractivity contribution in [1.29, 1.82) is 0 Å². The van der Waals surface area contributed by atoms with E-state index in [9.17, 15) is 0 Å². The Kier molecular flexibility index (Phi) is 4.76. The van der Waals surface area contributed by atoms with Crippen molar-refractivity contribution in [1.82, 2.24) is 0 Å². The van der Waals surface area contributed by atoms with Gasteiger partial charge in [-0.1, -0.05) is 54.6 Å². The van der Waals surface area contributed by atoms with Crippen LogP contribution in [0.2, 0.25) is 0 Å². The van der Waals surface area contributed by atoms with Gasteiger partial charge >= 0.3 is 0 Å². The summed E-state index contributed by atoms with van der Waals surface area (Å²) in [5.74, 6) is 0.857. The molecular formula is C17H19NO. The summed E-state index contributed by atoms with van der Waals surface area (Å²) in [6.45, 7) is 2.50. The molecule has 0 unspecified atom stereocenters. The first-order valence-corrected chi connectivity index (χ1v) is 6.46. The van der Waals surface area contributed by atoms with Gasteiger partial charge in [0.25, 0.3) is 0 Å². The van der Waals surface area contributed by atoms with E-state index < -0.39 is 0 Å². The van der Waals surface area contributed by atoms with Crippen molar-refractivity contribution < 1.29 is 4.74 Å². The standard InChI is InChI=1S/C17H19NO/c1-14(18)16-11-5-6-12-17(16)19-13-7-10-15-8-3-2-4-9-15/h2-12,14H,13,18H2,1H3/b10-7+/t14-/m0/s1. The lowest BCUT2D eigenvalue weighted by Crippen LogP contribution is -2.07. The molecule has 1 atom stereocenters. The molecule has 0 aliphatic rings. The molecule has 0 radical (unpaired) electrons. The van der Waals surface area contributed by atoms with Crippen LogP contribution in [-0.2, 0) is 0 Å². The highest BCUT2D eigenvalue weighted by molar-refractivity contribution is 5.48. The first kappa shape index (κ1) is 13.4. The first-order chi connectivity index (χ1) is 9.27. The van der Waals surface area contributed by atoms with Gasteiger partial charge in [-0.15, -0.1) is 0 Å². The normalized spacial score (nSPS) is 12.5. The Morgan fingerprint density at radius 2 is 1.74 bits per heavy atom. The smallest absolute Gasteiger partial charge is 0.124 e. The van der Waals surface area contributed by atoms with E-state index in [-0.39, 0.29) is 6.04 Å². The van der Waals surface area contributed by atoms with Crippen molar-refractivity contribution in [3.63, 3.8) is 0 Å². The summed E-state index contributed by atoms with van der Waals surface area (Å²) < 4.78 is 5.75. The van der Waals surface area contributed by atoms with Crippen LogP contribution in [0.25, 0.3) is 6.08 Å². The summed E-state index contributed by atoms with van der Waals surface area (Å²) in [4.78, 5) is 0. The SMILES string of the molecule is C[C@H](N)c1ccccc1OC/C=C/c1ccccc1. The predicted molar refractivity (Wildman–Crippen MR) is 80.0 cm³/mol. The Morgan fingerprint density at radius 3 is 2.47 bits per heavy atom. The third-order valence-electron chi connectivity index (χ3n) is 2.85. The maximum Gasteiger partial charge on any atom is 0.124 e. The molecule has 2 aromatic carbocycles. The highest BCUT2D eigenvalue weighted by Crippen LogP contribution is 2.23. The summed E-state index contributed by atoms with van der Waals surface area (Å²) in [7, 11) is 0. The summed E-state index contributed by atoms with van der Waals surface area (Å²) in [5.41, 5.74) is 8.12. The molecule has 0 aliphatic carbocycles. The molecule has 0 aliphatic heterocycles. The zero-order valence-electron chi connectivity index (χ0n) is 11.1. The molecule has 2 rings (SSSR count). The fourth-order valence-electron chi connectivity index (χ4n) is 1.87. The second-order valence-electron chi connectivity index (χ2n) is 4.45. The molecule has 0 saturated heterocycles. The number of para-hydroxylation sites is 1. The molecule has 0 heterocycles. The van der Waals surface area contributed by atoms with Crippen LogP contribution in [0.15, 0.2) is 60.7 Å². The second-order valence-corrected chi connectivity index (χ2v) is 4.45. The number of rotatable bonds is 5. The third kappa shape index (κ3) is 3.97. The Labute approximate surface area is 114 Å². The lowest BCUT2D eigenvalue weighted by molar-refractivity contribution is 0.357. The average Bonchev–Trinajstić information content (AvgIpc) is 2.45. The Hall–Kier alpha value is -2.06. The summed E-state index contributed by atoms with van der Waals surface area (Å²) in [6.07, 6.45) is 4.06. The van der Waals surface area contributed by atoms with Crippen LogP contribution in [0.5, 0.6) is 5.75 Å². The highest BCUT2D eigenvalue weighted by Gasteiger charge is 2.05. The third-order valence-corrected chi connectivity index (χ3v) is 2.85. The molecule has 98 valence electrons. The molecule has 0 fully saturated rings. The van der Waals surface area contributed by atoms with Crippen LogP contribution in [0.4, 0.5) is 0 Å². The quantitative estimate of drug-likeness (QED) is 0.879. The van der Waals surface area contributed by atoms with Crippen molar-refractivity contribution in [3.05, 3.63) is 71.8 Å². The number of hydrogen-bond donors (Lipinski definition) is 1. The lowest BCUT2D eigenvalue weighted by atomic mass is 10.1. The Bertz CT molecular complexity index is 532. The van der Waals surface area contributed by atoms with Crippen molar-refractivity contribution in [2.45, 2.75) is 13.0 Å². The first-order valence-electron chi connectivity index (χ1n) is 6.46. The van der Waals surface area contributed by atoms with Gasteiger partial charge < -0.3 is 10.5 Å². The molecular weight excluding hydrogens is 234 g/mol. The van der Waals surface area contributed by atoms with Crippen LogP contribution in [0.3, 0.4) is 0 Å². The number of ether oxygens (including phenoxy) is 1. The van der Waals surface area contributed by atoms with E-state index >= 15 is 0 Å². The van der Waals surface area contributed by atoms with E-state index in [1.54, 1.807) is 0 Å². The summed E-state index contributed by atoms with van der Waals surface area (Å²) in [5, 5.41) is 0. The van der Waals surface area contributed by atoms with Crippen LogP contribution < -0.4 is 10.5 Å². The van der Waals surface area contributed by atoms with Gasteiger partial charge in [0.05, 0.1) is 0 Å². The maximum absolute atomic E-state index is 5.91. The van der Waals surface area contributed by atoms with E-state index in [0.717, 1.165) is 11.3 Å². The van der Waals surface area contributed by atoms with Gasteiger partial charge in [-0.3, -0.25) is 0 Å². The van der Waals surface area contributed by atoms with Crippen molar-refractivity contribution in [3.8, 4) is 5.75 Å². The zero-order chi connectivity index (χ0) is 13.5. The van der Waals surface area contributed by atoms with Crippen LogP contribution in [0, 0.1) is 0 Å². The van der Waals surface area contributed by atoms with Gasteiger partial charge in [-0.2, -0.15) is 0 Å². The summed E-state index contributed by atoms with van der Waals surface area (Å²) >= 11 is 0. The summed E-state index contributed by atoms with van der Waals surface area (Å²) in [6, 6.07) is 18.0. The Morgan fingerprint density at radius 1 is 1.05 bits per heavy atom. The number of nitrogens with two attached hydrogens (primary N) is 1. The molecule has 0 spiro atoms. The second kappa shape index (κ2) is 6.76. The van der Waals surface area contributed by atoms with E-state index in [0.29, 0.717) is 6.61 Å². The minimum Gasteiger partial charge on any atom is -0.489 e. The minimum absolute atomic E-state index is 0.0192. The molecule has 2 heteroatoms. The predicted octanol–water partition coefficient (Wildman–Crippen LogP) is 3.80. The van der Waals surface area contributed by atoms with E-state index in [1.807, 2.05) is 55.5 Å². The van der Waals surface area contributed by atoms with E-state index in [2.05, 4.69) is 18.2 Å². The molecule has 2 nitrogen and oxygen atoms in total. The monoisotopic (exact) mass is 253 g/mol. The molecule has 2 aromatic rings. The van der Waals surface area contributed by atoms with Gasteiger partial charge in [-0.25, -0.2) is 0 Å². The highest BCUT2D eigenvalue weighted by atomic mass is 16.5. The van der Waals surface area contributed by atoms with E-state index in [1.165, 1.54) is 5.56 Å². The number of benzene rings is 2. The fraction of sp³-hybridized carbons (Fsp3) is 0.176. The maximum atomic E-state index is 5.91. The van der Waals surface area contributed by atoms with Crippen LogP contribution in [0.1, 0.15) is 24.1 Å².